The van der Waals surface area contributed by atoms with Crippen LogP contribution in [0.2, 0.25) is 0 Å². The molecule has 4 nitrogen and oxygen atoms in total. The van der Waals surface area contributed by atoms with Crippen molar-refractivity contribution in [2.45, 2.75) is 71.8 Å². The van der Waals surface area contributed by atoms with Gasteiger partial charge < -0.3 is 14.2 Å². The molecule has 0 amide bonds. The first-order valence-electron chi connectivity index (χ1n) is 8.05. The summed E-state index contributed by atoms with van der Waals surface area (Å²) < 4.78 is 15.9. The highest BCUT2D eigenvalue weighted by Gasteiger charge is 2.00. The van der Waals surface area contributed by atoms with Gasteiger partial charge in [0, 0.05) is 13.0 Å². The fourth-order valence-corrected chi connectivity index (χ4v) is 1.77. The molecule has 0 fully saturated rings. The molecule has 0 saturated carbocycles. The van der Waals surface area contributed by atoms with E-state index in [1.54, 1.807) is 0 Å². The SMILES string of the molecule is CCOC(=O)CCCCCCCOCCOC(C)CC. The summed E-state index contributed by atoms with van der Waals surface area (Å²) in [6.07, 6.45) is 7.36. The average molecular weight is 288 g/mol. The quantitative estimate of drug-likeness (QED) is 0.361. The predicted molar refractivity (Wildman–Crippen MR) is 80.9 cm³/mol. The van der Waals surface area contributed by atoms with Crippen LogP contribution in [0.4, 0.5) is 0 Å². The second-order valence-corrected chi connectivity index (χ2v) is 5.02. The molecule has 0 aliphatic carbocycles. The molecule has 0 aliphatic heterocycles. The van der Waals surface area contributed by atoms with Crippen molar-refractivity contribution in [3.63, 3.8) is 0 Å². The highest BCUT2D eigenvalue weighted by atomic mass is 16.5. The van der Waals surface area contributed by atoms with Crippen LogP contribution in [-0.4, -0.2) is 38.5 Å². The Kier molecular flexibility index (Phi) is 14.3. The molecule has 0 bridgehead atoms. The molecule has 0 N–H and O–H groups in total. The van der Waals surface area contributed by atoms with Crippen LogP contribution in [0.1, 0.15) is 65.7 Å². The highest BCUT2D eigenvalue weighted by Crippen LogP contribution is 2.06. The predicted octanol–water partition coefficient (Wildman–Crippen LogP) is 3.72. The first-order chi connectivity index (χ1) is 9.70. The summed E-state index contributed by atoms with van der Waals surface area (Å²) in [4.78, 5) is 11.1. The van der Waals surface area contributed by atoms with Crippen molar-refractivity contribution in [1.82, 2.24) is 0 Å². The third kappa shape index (κ3) is 13.8. The summed E-state index contributed by atoms with van der Waals surface area (Å²) >= 11 is 0. The van der Waals surface area contributed by atoms with Gasteiger partial charge in [0.15, 0.2) is 0 Å². The Bertz CT molecular complexity index is 219. The summed E-state index contributed by atoms with van der Waals surface area (Å²) in [6, 6.07) is 0. The number of carbonyl (C=O) groups is 1. The number of hydrogen-bond donors (Lipinski definition) is 0. The second kappa shape index (κ2) is 14.8. The molecule has 0 aliphatic rings. The highest BCUT2D eigenvalue weighted by molar-refractivity contribution is 5.69. The largest absolute Gasteiger partial charge is 0.466 e. The van der Waals surface area contributed by atoms with Gasteiger partial charge in [-0.3, -0.25) is 4.79 Å². The topological polar surface area (TPSA) is 44.8 Å². The Balaban J connectivity index is 3.08. The Hall–Kier alpha value is -0.610. The van der Waals surface area contributed by atoms with Crippen LogP contribution >= 0.6 is 0 Å². The molecule has 0 aromatic carbocycles. The normalized spacial score (nSPS) is 12.3. The van der Waals surface area contributed by atoms with Crippen molar-refractivity contribution in [2.75, 3.05) is 26.4 Å². The molecule has 20 heavy (non-hydrogen) atoms. The molecular formula is C16H32O4. The lowest BCUT2D eigenvalue weighted by Gasteiger charge is -2.10. The van der Waals surface area contributed by atoms with Crippen LogP contribution in [0.25, 0.3) is 0 Å². The molecule has 0 rings (SSSR count). The van der Waals surface area contributed by atoms with Crippen molar-refractivity contribution in [1.29, 1.82) is 0 Å². The first kappa shape index (κ1) is 19.4. The lowest BCUT2D eigenvalue weighted by Crippen LogP contribution is -2.12. The minimum absolute atomic E-state index is 0.0721. The van der Waals surface area contributed by atoms with Gasteiger partial charge >= 0.3 is 5.97 Å². The molecule has 0 heterocycles. The first-order valence-corrected chi connectivity index (χ1v) is 8.05. The third-order valence-corrected chi connectivity index (χ3v) is 3.18. The fourth-order valence-electron chi connectivity index (χ4n) is 1.77. The van der Waals surface area contributed by atoms with Gasteiger partial charge in [0.1, 0.15) is 0 Å². The number of ether oxygens (including phenoxy) is 3. The van der Waals surface area contributed by atoms with Crippen LogP contribution in [0.3, 0.4) is 0 Å². The summed E-state index contributed by atoms with van der Waals surface area (Å²) in [5, 5.41) is 0. The molecular weight excluding hydrogens is 256 g/mol. The monoisotopic (exact) mass is 288 g/mol. The smallest absolute Gasteiger partial charge is 0.305 e. The maximum absolute atomic E-state index is 11.1. The van der Waals surface area contributed by atoms with Gasteiger partial charge in [0.2, 0.25) is 0 Å². The molecule has 0 aromatic heterocycles. The number of rotatable bonds is 14. The lowest BCUT2D eigenvalue weighted by molar-refractivity contribution is -0.143. The van der Waals surface area contributed by atoms with Gasteiger partial charge in [-0.05, 0) is 33.1 Å². The summed E-state index contributed by atoms with van der Waals surface area (Å²) in [5.74, 6) is -0.0721. The minimum Gasteiger partial charge on any atom is -0.466 e. The summed E-state index contributed by atoms with van der Waals surface area (Å²) in [5.41, 5.74) is 0. The zero-order chi connectivity index (χ0) is 15.1. The molecule has 120 valence electrons. The molecule has 0 spiro atoms. The third-order valence-electron chi connectivity index (χ3n) is 3.18. The maximum atomic E-state index is 11.1. The van der Waals surface area contributed by atoms with Gasteiger partial charge in [-0.15, -0.1) is 0 Å². The average Bonchev–Trinajstić information content (AvgIpc) is 2.44. The Morgan fingerprint density at radius 2 is 1.65 bits per heavy atom. The van der Waals surface area contributed by atoms with Crippen LogP contribution in [0.5, 0.6) is 0 Å². The number of carbonyl (C=O) groups excluding carboxylic acids is 1. The van der Waals surface area contributed by atoms with E-state index in [2.05, 4.69) is 13.8 Å². The van der Waals surface area contributed by atoms with Crippen LogP contribution in [0.15, 0.2) is 0 Å². The van der Waals surface area contributed by atoms with Gasteiger partial charge in [0.05, 0.1) is 25.9 Å². The number of esters is 1. The molecule has 4 heteroatoms. The van der Waals surface area contributed by atoms with Crippen LogP contribution in [-0.2, 0) is 19.0 Å². The summed E-state index contributed by atoms with van der Waals surface area (Å²) in [7, 11) is 0. The molecule has 0 aromatic rings. The van der Waals surface area contributed by atoms with E-state index in [0.717, 1.165) is 45.1 Å². The van der Waals surface area contributed by atoms with Crippen molar-refractivity contribution in [3.8, 4) is 0 Å². The van der Waals surface area contributed by atoms with Crippen molar-refractivity contribution < 1.29 is 19.0 Å². The molecule has 1 unspecified atom stereocenters. The standard InChI is InChI=1S/C16H32O4/c1-4-15(3)20-14-13-18-12-10-8-6-7-9-11-16(17)19-5-2/h15H,4-14H2,1-3H3. The van der Waals surface area contributed by atoms with E-state index >= 15 is 0 Å². The van der Waals surface area contributed by atoms with E-state index < -0.39 is 0 Å². The number of unbranched alkanes of at least 4 members (excludes halogenated alkanes) is 4. The van der Waals surface area contributed by atoms with E-state index in [0.29, 0.717) is 32.3 Å². The fraction of sp³-hybridized carbons (Fsp3) is 0.938. The second-order valence-electron chi connectivity index (χ2n) is 5.02. The Labute approximate surface area is 124 Å². The van der Waals surface area contributed by atoms with E-state index in [1.165, 1.54) is 0 Å². The van der Waals surface area contributed by atoms with Gasteiger partial charge in [-0.25, -0.2) is 0 Å². The minimum atomic E-state index is -0.0721. The zero-order valence-electron chi connectivity index (χ0n) is 13.5. The Morgan fingerprint density at radius 1 is 0.950 bits per heavy atom. The van der Waals surface area contributed by atoms with Crippen molar-refractivity contribution in [2.24, 2.45) is 0 Å². The van der Waals surface area contributed by atoms with Crippen molar-refractivity contribution >= 4 is 5.97 Å². The van der Waals surface area contributed by atoms with Crippen LogP contribution < -0.4 is 0 Å². The summed E-state index contributed by atoms with van der Waals surface area (Å²) in [6.45, 7) is 8.70. The molecule has 0 saturated heterocycles. The number of hydrogen-bond acceptors (Lipinski definition) is 4. The van der Waals surface area contributed by atoms with Gasteiger partial charge in [0.25, 0.3) is 0 Å². The van der Waals surface area contributed by atoms with E-state index in [-0.39, 0.29) is 5.97 Å². The van der Waals surface area contributed by atoms with E-state index in [1.807, 2.05) is 6.92 Å². The van der Waals surface area contributed by atoms with Gasteiger partial charge in [-0.2, -0.15) is 0 Å². The van der Waals surface area contributed by atoms with E-state index in [9.17, 15) is 4.79 Å². The van der Waals surface area contributed by atoms with E-state index in [4.69, 9.17) is 14.2 Å². The van der Waals surface area contributed by atoms with Crippen molar-refractivity contribution in [3.05, 3.63) is 0 Å². The lowest BCUT2D eigenvalue weighted by atomic mass is 10.1. The molecule has 0 radical (unpaired) electrons. The maximum Gasteiger partial charge on any atom is 0.305 e. The zero-order valence-corrected chi connectivity index (χ0v) is 13.5. The molecule has 1 atom stereocenters. The Morgan fingerprint density at radius 3 is 2.35 bits per heavy atom. The van der Waals surface area contributed by atoms with Crippen LogP contribution in [0, 0.1) is 0 Å². The van der Waals surface area contributed by atoms with Gasteiger partial charge in [-0.1, -0.05) is 26.2 Å².